The quantitative estimate of drug-likeness (QED) is 0.923. The van der Waals surface area contributed by atoms with Crippen LogP contribution < -0.4 is 5.32 Å². The van der Waals surface area contributed by atoms with Crippen molar-refractivity contribution >= 4 is 5.91 Å². The van der Waals surface area contributed by atoms with E-state index in [2.05, 4.69) is 34.5 Å². The lowest BCUT2D eigenvalue weighted by Crippen LogP contribution is -2.48. The molecule has 0 spiro atoms. The van der Waals surface area contributed by atoms with Crippen LogP contribution in [0.1, 0.15) is 29.0 Å². The van der Waals surface area contributed by atoms with Gasteiger partial charge in [-0.25, -0.2) is 0 Å². The maximum absolute atomic E-state index is 12.0. The van der Waals surface area contributed by atoms with Crippen LogP contribution in [0, 0.1) is 0 Å². The maximum Gasteiger partial charge on any atom is 0.287 e. The minimum atomic E-state index is -0.111. The van der Waals surface area contributed by atoms with Gasteiger partial charge < -0.3 is 14.6 Å². The van der Waals surface area contributed by atoms with Gasteiger partial charge in [-0.15, -0.1) is 0 Å². The third kappa shape index (κ3) is 3.98. The van der Waals surface area contributed by atoms with E-state index in [4.69, 9.17) is 4.42 Å². The highest BCUT2D eigenvalue weighted by atomic mass is 16.3. The second kappa shape index (κ2) is 7.27. The topological polar surface area (TPSA) is 45.5 Å². The van der Waals surface area contributed by atoms with E-state index < -0.39 is 0 Å². The number of benzene rings is 1. The first-order chi connectivity index (χ1) is 10.8. The van der Waals surface area contributed by atoms with Crippen LogP contribution in [0.2, 0.25) is 0 Å². The third-order valence-electron chi connectivity index (χ3n) is 4.15. The molecule has 1 aromatic heterocycles. The molecule has 116 valence electrons. The normalized spacial score (nSPS) is 19.0. The average Bonchev–Trinajstić information content (AvgIpc) is 3.09. The molecule has 1 fully saturated rings. The van der Waals surface area contributed by atoms with E-state index in [1.807, 2.05) is 6.07 Å². The summed E-state index contributed by atoms with van der Waals surface area (Å²) in [6, 6.07) is 14.2. The number of rotatable bonds is 5. The molecule has 4 nitrogen and oxygen atoms in total. The van der Waals surface area contributed by atoms with E-state index in [1.54, 1.807) is 12.1 Å². The number of carbonyl (C=O) groups is 1. The largest absolute Gasteiger partial charge is 0.459 e. The Bertz CT molecular complexity index is 580. The standard InChI is InChI=1S/C18H22N2O2/c21-18(17-9-5-13-22-17)19-16-8-4-11-20(14-16)12-10-15-6-2-1-3-7-15/h1-3,5-7,9,13,16H,4,8,10-12,14H2,(H,19,21)/t16-/m1/s1. The zero-order chi connectivity index (χ0) is 15.2. The van der Waals surface area contributed by atoms with Gasteiger partial charge in [-0.2, -0.15) is 0 Å². The van der Waals surface area contributed by atoms with E-state index in [-0.39, 0.29) is 11.9 Å². The molecule has 22 heavy (non-hydrogen) atoms. The van der Waals surface area contributed by atoms with Gasteiger partial charge in [0.05, 0.1) is 6.26 Å². The molecule has 0 aliphatic carbocycles. The van der Waals surface area contributed by atoms with E-state index in [0.717, 1.165) is 38.9 Å². The van der Waals surface area contributed by atoms with Crippen molar-refractivity contribution in [2.75, 3.05) is 19.6 Å². The Balaban J connectivity index is 1.48. The summed E-state index contributed by atoms with van der Waals surface area (Å²) in [6.07, 6.45) is 4.74. The highest BCUT2D eigenvalue weighted by molar-refractivity contribution is 5.91. The van der Waals surface area contributed by atoms with Crippen molar-refractivity contribution in [1.29, 1.82) is 0 Å². The molecule has 1 aliphatic rings. The van der Waals surface area contributed by atoms with E-state index in [9.17, 15) is 4.79 Å². The Labute approximate surface area is 131 Å². The van der Waals surface area contributed by atoms with Gasteiger partial charge in [-0.1, -0.05) is 30.3 Å². The van der Waals surface area contributed by atoms with Crippen LogP contribution in [-0.4, -0.2) is 36.5 Å². The van der Waals surface area contributed by atoms with Crippen molar-refractivity contribution in [3.63, 3.8) is 0 Å². The average molecular weight is 298 g/mol. The smallest absolute Gasteiger partial charge is 0.287 e. The van der Waals surface area contributed by atoms with Crippen LogP contribution in [-0.2, 0) is 6.42 Å². The van der Waals surface area contributed by atoms with Gasteiger partial charge in [-0.3, -0.25) is 4.79 Å². The number of amides is 1. The molecule has 2 aromatic rings. The summed E-state index contributed by atoms with van der Waals surface area (Å²) >= 11 is 0. The number of likely N-dealkylation sites (tertiary alicyclic amines) is 1. The van der Waals surface area contributed by atoms with Crippen molar-refractivity contribution in [2.24, 2.45) is 0 Å². The first-order valence-corrected chi connectivity index (χ1v) is 7.92. The first-order valence-electron chi connectivity index (χ1n) is 7.92. The van der Waals surface area contributed by atoms with E-state index >= 15 is 0 Å². The second-order valence-electron chi connectivity index (χ2n) is 5.83. The van der Waals surface area contributed by atoms with Gasteiger partial charge in [-0.05, 0) is 43.5 Å². The molecule has 0 saturated carbocycles. The number of carbonyl (C=O) groups excluding carboxylic acids is 1. The van der Waals surface area contributed by atoms with Gasteiger partial charge in [0.25, 0.3) is 5.91 Å². The summed E-state index contributed by atoms with van der Waals surface area (Å²) in [4.78, 5) is 14.5. The van der Waals surface area contributed by atoms with Crippen LogP contribution in [0.4, 0.5) is 0 Å². The molecule has 1 N–H and O–H groups in total. The van der Waals surface area contributed by atoms with Gasteiger partial charge in [0, 0.05) is 19.1 Å². The molecule has 2 heterocycles. The molecule has 3 rings (SSSR count). The van der Waals surface area contributed by atoms with Crippen molar-refractivity contribution < 1.29 is 9.21 Å². The predicted octanol–water partition coefficient (Wildman–Crippen LogP) is 2.72. The Morgan fingerprint density at radius 3 is 2.86 bits per heavy atom. The molecule has 1 aromatic carbocycles. The highest BCUT2D eigenvalue weighted by Gasteiger charge is 2.22. The number of furan rings is 1. The lowest BCUT2D eigenvalue weighted by atomic mass is 10.0. The Morgan fingerprint density at radius 1 is 1.23 bits per heavy atom. The van der Waals surface area contributed by atoms with Crippen LogP contribution >= 0.6 is 0 Å². The number of hydrogen-bond acceptors (Lipinski definition) is 3. The van der Waals surface area contributed by atoms with Crippen molar-refractivity contribution in [3.05, 3.63) is 60.1 Å². The van der Waals surface area contributed by atoms with Gasteiger partial charge in [0.1, 0.15) is 0 Å². The third-order valence-corrected chi connectivity index (χ3v) is 4.15. The lowest BCUT2D eigenvalue weighted by molar-refractivity contribution is 0.0876. The van der Waals surface area contributed by atoms with Crippen molar-refractivity contribution in [3.8, 4) is 0 Å². The minimum Gasteiger partial charge on any atom is -0.459 e. The fourth-order valence-electron chi connectivity index (χ4n) is 2.97. The highest BCUT2D eigenvalue weighted by Crippen LogP contribution is 2.12. The zero-order valence-corrected chi connectivity index (χ0v) is 12.7. The predicted molar refractivity (Wildman–Crippen MR) is 85.8 cm³/mol. The van der Waals surface area contributed by atoms with Crippen molar-refractivity contribution in [2.45, 2.75) is 25.3 Å². The zero-order valence-electron chi connectivity index (χ0n) is 12.7. The summed E-state index contributed by atoms with van der Waals surface area (Å²) in [6.45, 7) is 3.07. The second-order valence-corrected chi connectivity index (χ2v) is 5.83. The molecule has 4 heteroatoms. The molecule has 1 saturated heterocycles. The van der Waals surface area contributed by atoms with Crippen LogP contribution in [0.15, 0.2) is 53.1 Å². The molecule has 1 atom stereocenters. The first kappa shape index (κ1) is 14.9. The fourth-order valence-corrected chi connectivity index (χ4v) is 2.97. The van der Waals surface area contributed by atoms with Crippen molar-refractivity contribution in [1.82, 2.24) is 10.2 Å². The summed E-state index contributed by atoms with van der Waals surface area (Å²) in [5.74, 6) is 0.279. The molecule has 0 unspecified atom stereocenters. The maximum atomic E-state index is 12.0. The van der Waals surface area contributed by atoms with E-state index in [0.29, 0.717) is 5.76 Å². The Morgan fingerprint density at radius 2 is 2.09 bits per heavy atom. The lowest BCUT2D eigenvalue weighted by Gasteiger charge is -2.33. The Hall–Kier alpha value is -2.07. The van der Waals surface area contributed by atoms with E-state index in [1.165, 1.54) is 11.8 Å². The number of hydrogen-bond donors (Lipinski definition) is 1. The van der Waals surface area contributed by atoms with Gasteiger partial charge in [0.15, 0.2) is 5.76 Å². The molecular formula is C18H22N2O2. The molecule has 1 aliphatic heterocycles. The Kier molecular flexibility index (Phi) is 4.91. The van der Waals surface area contributed by atoms with Crippen LogP contribution in [0.25, 0.3) is 0 Å². The molecule has 1 amide bonds. The van der Waals surface area contributed by atoms with Gasteiger partial charge in [0.2, 0.25) is 0 Å². The SMILES string of the molecule is O=C(N[C@@H]1CCCN(CCc2ccccc2)C1)c1ccco1. The number of piperidine rings is 1. The fraction of sp³-hybridized carbons (Fsp3) is 0.389. The van der Waals surface area contributed by atoms with Crippen LogP contribution in [0.3, 0.4) is 0 Å². The number of nitrogens with one attached hydrogen (secondary N) is 1. The summed E-state index contributed by atoms with van der Waals surface area (Å²) in [5, 5.41) is 3.08. The summed E-state index contributed by atoms with van der Waals surface area (Å²) in [5.41, 5.74) is 1.37. The monoisotopic (exact) mass is 298 g/mol. The number of nitrogens with zero attached hydrogens (tertiary/aromatic N) is 1. The minimum absolute atomic E-state index is 0.111. The van der Waals surface area contributed by atoms with Gasteiger partial charge >= 0.3 is 0 Å². The summed E-state index contributed by atoms with van der Waals surface area (Å²) in [7, 11) is 0. The molecule has 0 bridgehead atoms. The van der Waals surface area contributed by atoms with Crippen LogP contribution in [0.5, 0.6) is 0 Å². The molecular weight excluding hydrogens is 276 g/mol. The molecule has 0 radical (unpaired) electrons. The summed E-state index contributed by atoms with van der Waals surface area (Å²) < 4.78 is 5.14.